The lowest BCUT2D eigenvalue weighted by Gasteiger charge is -2.38. The predicted octanol–water partition coefficient (Wildman–Crippen LogP) is 1.55. The molecule has 1 saturated heterocycles. The van der Waals surface area contributed by atoms with Gasteiger partial charge in [-0.05, 0) is 37.6 Å². The fraction of sp³-hybridized carbons (Fsp3) is 0.600. The van der Waals surface area contributed by atoms with Crippen LogP contribution < -0.4 is 5.73 Å². The number of hydrogen-bond donors (Lipinski definition) is 1. The van der Waals surface area contributed by atoms with Gasteiger partial charge in [-0.2, -0.15) is 0 Å². The van der Waals surface area contributed by atoms with Crippen molar-refractivity contribution in [3.63, 3.8) is 0 Å². The zero-order valence-corrected chi connectivity index (χ0v) is 13.4. The molecule has 0 spiro atoms. The van der Waals surface area contributed by atoms with Crippen LogP contribution in [0.2, 0.25) is 0 Å². The minimum atomic E-state index is -0.104. The van der Waals surface area contributed by atoms with E-state index in [0.717, 1.165) is 25.8 Å². The fourth-order valence-electron chi connectivity index (χ4n) is 2.77. The van der Waals surface area contributed by atoms with Crippen LogP contribution in [0.15, 0.2) is 17.5 Å². The van der Waals surface area contributed by atoms with Crippen LogP contribution in [0.5, 0.6) is 0 Å². The van der Waals surface area contributed by atoms with Crippen molar-refractivity contribution in [2.75, 3.05) is 20.1 Å². The SMILES string of the molecule is CC(N)C1CCCCN1C(=O)CN(C)C(=O)c1cccs1. The lowest BCUT2D eigenvalue weighted by molar-refractivity contribution is -0.135. The molecule has 1 aliphatic rings. The first kappa shape index (κ1) is 16.0. The van der Waals surface area contributed by atoms with Gasteiger partial charge < -0.3 is 15.5 Å². The summed E-state index contributed by atoms with van der Waals surface area (Å²) in [6.45, 7) is 2.79. The summed E-state index contributed by atoms with van der Waals surface area (Å²) < 4.78 is 0. The molecule has 2 unspecified atom stereocenters. The molecule has 1 aliphatic heterocycles. The highest BCUT2D eigenvalue weighted by atomic mass is 32.1. The largest absolute Gasteiger partial charge is 0.337 e. The van der Waals surface area contributed by atoms with Crippen molar-refractivity contribution in [3.8, 4) is 0 Å². The summed E-state index contributed by atoms with van der Waals surface area (Å²) in [5, 5.41) is 1.86. The molecule has 0 radical (unpaired) electrons. The summed E-state index contributed by atoms with van der Waals surface area (Å²) in [5.41, 5.74) is 5.99. The number of nitrogens with two attached hydrogens (primary N) is 1. The van der Waals surface area contributed by atoms with E-state index in [9.17, 15) is 9.59 Å². The van der Waals surface area contributed by atoms with Gasteiger partial charge in [0.2, 0.25) is 5.91 Å². The van der Waals surface area contributed by atoms with Crippen molar-refractivity contribution in [1.82, 2.24) is 9.80 Å². The lowest BCUT2D eigenvalue weighted by atomic mass is 9.97. The van der Waals surface area contributed by atoms with Gasteiger partial charge in [0, 0.05) is 25.7 Å². The molecule has 0 bridgehead atoms. The first-order valence-electron chi connectivity index (χ1n) is 7.34. The molecule has 2 amide bonds. The Hall–Kier alpha value is -1.40. The van der Waals surface area contributed by atoms with E-state index in [1.165, 1.54) is 16.2 Å². The lowest BCUT2D eigenvalue weighted by Crippen LogP contribution is -2.54. The van der Waals surface area contributed by atoms with Gasteiger partial charge in [0.05, 0.1) is 11.4 Å². The molecule has 0 saturated carbocycles. The van der Waals surface area contributed by atoms with Crippen molar-refractivity contribution >= 4 is 23.2 Å². The highest BCUT2D eigenvalue weighted by Crippen LogP contribution is 2.19. The number of thiophene rings is 1. The van der Waals surface area contributed by atoms with Crippen LogP contribution in [0.3, 0.4) is 0 Å². The Bertz CT molecular complexity index is 487. The van der Waals surface area contributed by atoms with E-state index < -0.39 is 0 Å². The van der Waals surface area contributed by atoms with Gasteiger partial charge in [-0.3, -0.25) is 9.59 Å². The number of hydrogen-bond acceptors (Lipinski definition) is 4. The normalized spacial score (nSPS) is 20.1. The monoisotopic (exact) mass is 309 g/mol. The predicted molar refractivity (Wildman–Crippen MR) is 84.3 cm³/mol. The molecule has 0 aliphatic carbocycles. The van der Waals surface area contributed by atoms with E-state index in [1.807, 2.05) is 23.3 Å². The van der Waals surface area contributed by atoms with Crippen molar-refractivity contribution in [1.29, 1.82) is 0 Å². The van der Waals surface area contributed by atoms with Crippen LogP contribution in [0.25, 0.3) is 0 Å². The number of likely N-dealkylation sites (N-methyl/N-ethyl adjacent to an activating group) is 1. The maximum absolute atomic E-state index is 12.5. The average Bonchev–Trinajstić information content (AvgIpc) is 3.00. The van der Waals surface area contributed by atoms with Crippen LogP contribution in [-0.2, 0) is 4.79 Å². The molecule has 2 atom stereocenters. The van der Waals surface area contributed by atoms with Gasteiger partial charge >= 0.3 is 0 Å². The van der Waals surface area contributed by atoms with Gasteiger partial charge in [-0.1, -0.05) is 6.07 Å². The number of carbonyl (C=O) groups excluding carboxylic acids is 2. The first-order valence-corrected chi connectivity index (χ1v) is 8.22. The second-order valence-corrected chi connectivity index (χ2v) is 6.60. The summed E-state index contributed by atoms with van der Waals surface area (Å²) in [7, 11) is 1.67. The third-order valence-electron chi connectivity index (χ3n) is 3.93. The third kappa shape index (κ3) is 3.83. The Balaban J connectivity index is 1.98. The molecular formula is C15H23N3O2S. The van der Waals surface area contributed by atoms with E-state index in [4.69, 9.17) is 5.73 Å². The fourth-order valence-corrected chi connectivity index (χ4v) is 3.49. The number of piperidine rings is 1. The summed E-state index contributed by atoms with van der Waals surface area (Å²) >= 11 is 1.39. The number of nitrogens with zero attached hydrogens (tertiary/aromatic N) is 2. The van der Waals surface area contributed by atoms with Gasteiger partial charge in [0.15, 0.2) is 0 Å². The van der Waals surface area contributed by atoms with Crippen molar-refractivity contribution < 1.29 is 9.59 Å². The van der Waals surface area contributed by atoms with Crippen LogP contribution in [-0.4, -0.2) is 53.8 Å². The van der Waals surface area contributed by atoms with Crippen LogP contribution >= 0.6 is 11.3 Å². The molecule has 6 heteroatoms. The zero-order chi connectivity index (χ0) is 15.4. The van der Waals surface area contributed by atoms with Crippen LogP contribution in [0.1, 0.15) is 35.9 Å². The van der Waals surface area contributed by atoms with E-state index in [2.05, 4.69) is 0 Å². The Labute approximate surface area is 129 Å². The molecular weight excluding hydrogens is 286 g/mol. The van der Waals surface area contributed by atoms with E-state index in [1.54, 1.807) is 13.1 Å². The zero-order valence-electron chi connectivity index (χ0n) is 12.6. The Kier molecular flexibility index (Phi) is 5.36. The third-order valence-corrected chi connectivity index (χ3v) is 4.79. The average molecular weight is 309 g/mol. The molecule has 2 rings (SSSR count). The van der Waals surface area contributed by atoms with Crippen LogP contribution in [0.4, 0.5) is 0 Å². The standard InChI is InChI=1S/C15H23N3O2S/c1-11(16)12-6-3-4-8-18(12)14(19)10-17(2)15(20)13-7-5-9-21-13/h5,7,9,11-12H,3-4,6,8,10,16H2,1-2H3. The minimum absolute atomic E-state index is 0.00981. The second kappa shape index (κ2) is 7.04. The Morgan fingerprint density at radius 1 is 1.52 bits per heavy atom. The van der Waals surface area contributed by atoms with Crippen molar-refractivity contribution in [2.45, 2.75) is 38.3 Å². The van der Waals surface area contributed by atoms with Gasteiger partial charge in [0.25, 0.3) is 5.91 Å². The van der Waals surface area contributed by atoms with Gasteiger partial charge in [-0.25, -0.2) is 0 Å². The first-order chi connectivity index (χ1) is 10.0. The molecule has 1 fully saturated rings. The molecule has 5 nitrogen and oxygen atoms in total. The maximum Gasteiger partial charge on any atom is 0.264 e. The molecule has 1 aromatic rings. The second-order valence-electron chi connectivity index (χ2n) is 5.65. The number of rotatable bonds is 4. The van der Waals surface area contributed by atoms with Crippen molar-refractivity contribution in [2.24, 2.45) is 5.73 Å². The Morgan fingerprint density at radius 2 is 2.29 bits per heavy atom. The summed E-state index contributed by atoms with van der Waals surface area (Å²) in [4.78, 5) is 28.7. The van der Waals surface area contributed by atoms with E-state index in [-0.39, 0.29) is 30.4 Å². The summed E-state index contributed by atoms with van der Waals surface area (Å²) in [6, 6.07) is 3.67. The van der Waals surface area contributed by atoms with Gasteiger partial charge in [-0.15, -0.1) is 11.3 Å². The summed E-state index contributed by atoms with van der Waals surface area (Å²) in [6.07, 6.45) is 3.07. The van der Waals surface area contributed by atoms with Crippen LogP contribution in [0, 0.1) is 0 Å². The number of carbonyl (C=O) groups is 2. The molecule has 2 heterocycles. The minimum Gasteiger partial charge on any atom is -0.337 e. The highest BCUT2D eigenvalue weighted by Gasteiger charge is 2.30. The number of amides is 2. The highest BCUT2D eigenvalue weighted by molar-refractivity contribution is 7.12. The maximum atomic E-state index is 12.5. The smallest absolute Gasteiger partial charge is 0.264 e. The molecule has 21 heavy (non-hydrogen) atoms. The molecule has 116 valence electrons. The molecule has 1 aromatic heterocycles. The molecule has 0 aromatic carbocycles. The van der Waals surface area contributed by atoms with Gasteiger partial charge in [0.1, 0.15) is 0 Å². The quantitative estimate of drug-likeness (QED) is 0.917. The number of likely N-dealkylation sites (tertiary alicyclic amines) is 1. The topological polar surface area (TPSA) is 66.6 Å². The Morgan fingerprint density at radius 3 is 2.90 bits per heavy atom. The molecule has 2 N–H and O–H groups in total. The van der Waals surface area contributed by atoms with E-state index >= 15 is 0 Å². The van der Waals surface area contributed by atoms with E-state index in [0.29, 0.717) is 4.88 Å². The van der Waals surface area contributed by atoms with Crippen molar-refractivity contribution in [3.05, 3.63) is 22.4 Å². The summed E-state index contributed by atoms with van der Waals surface area (Å²) in [5.74, 6) is -0.114.